The minimum absolute atomic E-state index is 0.0472. The summed E-state index contributed by atoms with van der Waals surface area (Å²) in [4.78, 5) is 16.8. The van der Waals surface area contributed by atoms with Crippen LogP contribution in [0.1, 0.15) is 37.3 Å². The van der Waals surface area contributed by atoms with Crippen LogP contribution >= 0.6 is 15.9 Å². The van der Waals surface area contributed by atoms with Gasteiger partial charge in [-0.15, -0.1) is 0 Å². The number of nitrogens with zero attached hydrogens (tertiary/aromatic N) is 2. The molecule has 0 unspecified atom stereocenters. The average molecular weight is 428 g/mol. The summed E-state index contributed by atoms with van der Waals surface area (Å²) in [6, 6.07) is 13.8. The van der Waals surface area contributed by atoms with Crippen molar-refractivity contribution >= 4 is 27.5 Å². The van der Waals surface area contributed by atoms with E-state index in [9.17, 15) is 4.79 Å². The summed E-state index contributed by atoms with van der Waals surface area (Å²) in [5.41, 5.74) is 4.12. The molecule has 0 radical (unpaired) electrons. The van der Waals surface area contributed by atoms with Crippen LogP contribution in [0, 0.1) is 0 Å². The molecular formula is C21H22BrN3O2. The highest BCUT2D eigenvalue weighted by Crippen LogP contribution is 2.23. The van der Waals surface area contributed by atoms with Crippen molar-refractivity contribution in [2.24, 2.45) is 0 Å². The Kier molecular flexibility index (Phi) is 6.40. The number of aromatic nitrogens is 2. The lowest BCUT2D eigenvalue weighted by molar-refractivity contribution is -0.116. The van der Waals surface area contributed by atoms with Crippen molar-refractivity contribution in [2.45, 2.75) is 39.5 Å². The van der Waals surface area contributed by atoms with Crippen molar-refractivity contribution in [3.63, 3.8) is 0 Å². The lowest BCUT2D eigenvalue weighted by Gasteiger charge is -2.14. The minimum atomic E-state index is -0.0472. The molecule has 0 saturated carbocycles. The molecule has 3 rings (SSSR count). The van der Waals surface area contributed by atoms with E-state index < -0.39 is 0 Å². The number of hydrogen-bond acceptors (Lipinski definition) is 4. The van der Waals surface area contributed by atoms with Crippen LogP contribution in [0.5, 0.6) is 0 Å². The number of rotatable bonds is 7. The van der Waals surface area contributed by atoms with E-state index in [1.165, 1.54) is 0 Å². The van der Waals surface area contributed by atoms with Crippen LogP contribution in [0.15, 0.2) is 51.5 Å². The standard InChI is InChI=1S/C21H22BrN3O2/c1-3-14-6-5-7-15(4-2)20(14)23-18(26)12-13-19-24-21(25-27-19)16-8-10-17(22)11-9-16/h5-11H,3-4,12-13H2,1-2H3,(H,23,26). The van der Waals surface area contributed by atoms with Crippen LogP contribution in [-0.4, -0.2) is 16.0 Å². The monoisotopic (exact) mass is 427 g/mol. The number of anilines is 1. The molecule has 0 aliphatic heterocycles. The third-order valence-electron chi connectivity index (χ3n) is 4.40. The largest absolute Gasteiger partial charge is 0.339 e. The Morgan fingerprint density at radius 3 is 2.37 bits per heavy atom. The van der Waals surface area contributed by atoms with Crippen molar-refractivity contribution in [2.75, 3.05) is 5.32 Å². The summed E-state index contributed by atoms with van der Waals surface area (Å²) < 4.78 is 6.28. The number of hydrogen-bond donors (Lipinski definition) is 1. The van der Waals surface area contributed by atoms with E-state index in [0.717, 1.165) is 39.7 Å². The summed E-state index contributed by atoms with van der Waals surface area (Å²) in [6.45, 7) is 4.18. The second-order valence-electron chi connectivity index (χ2n) is 6.23. The zero-order valence-corrected chi connectivity index (χ0v) is 17.0. The number of para-hydroxylation sites is 1. The molecular weight excluding hydrogens is 406 g/mol. The molecule has 0 aliphatic rings. The Labute approximate surface area is 167 Å². The molecule has 27 heavy (non-hydrogen) atoms. The summed E-state index contributed by atoms with van der Waals surface area (Å²) >= 11 is 3.40. The number of nitrogens with one attached hydrogen (secondary N) is 1. The summed E-state index contributed by atoms with van der Waals surface area (Å²) in [5.74, 6) is 0.944. The summed E-state index contributed by atoms with van der Waals surface area (Å²) in [5, 5.41) is 7.06. The van der Waals surface area contributed by atoms with Gasteiger partial charge in [0.1, 0.15) is 0 Å². The minimum Gasteiger partial charge on any atom is -0.339 e. The highest BCUT2D eigenvalue weighted by molar-refractivity contribution is 9.10. The molecule has 0 fully saturated rings. The van der Waals surface area contributed by atoms with E-state index in [-0.39, 0.29) is 5.91 Å². The third kappa shape index (κ3) is 4.83. The molecule has 2 aromatic carbocycles. The molecule has 0 aliphatic carbocycles. The second-order valence-corrected chi connectivity index (χ2v) is 7.14. The maximum Gasteiger partial charge on any atom is 0.227 e. The van der Waals surface area contributed by atoms with E-state index in [2.05, 4.69) is 57.4 Å². The van der Waals surface area contributed by atoms with E-state index in [4.69, 9.17) is 4.52 Å². The highest BCUT2D eigenvalue weighted by Gasteiger charge is 2.13. The summed E-state index contributed by atoms with van der Waals surface area (Å²) in [7, 11) is 0. The van der Waals surface area contributed by atoms with Gasteiger partial charge in [0.05, 0.1) is 0 Å². The molecule has 3 aromatic rings. The third-order valence-corrected chi connectivity index (χ3v) is 4.93. The van der Waals surface area contributed by atoms with Crippen molar-refractivity contribution in [3.8, 4) is 11.4 Å². The molecule has 1 N–H and O–H groups in total. The molecule has 0 atom stereocenters. The van der Waals surface area contributed by atoms with Crippen molar-refractivity contribution < 1.29 is 9.32 Å². The molecule has 0 bridgehead atoms. The Balaban J connectivity index is 1.63. The zero-order chi connectivity index (χ0) is 19.2. The van der Waals surface area contributed by atoms with Crippen LogP contribution in [0.3, 0.4) is 0 Å². The Morgan fingerprint density at radius 1 is 1.07 bits per heavy atom. The van der Waals surface area contributed by atoms with Gasteiger partial charge in [0.2, 0.25) is 17.6 Å². The SMILES string of the molecule is CCc1cccc(CC)c1NC(=O)CCc1nc(-c2ccc(Br)cc2)no1. The van der Waals surface area contributed by atoms with Crippen LogP contribution in [0.2, 0.25) is 0 Å². The van der Waals surface area contributed by atoms with E-state index in [0.29, 0.717) is 24.6 Å². The fourth-order valence-corrected chi connectivity index (χ4v) is 3.16. The van der Waals surface area contributed by atoms with Crippen LogP contribution < -0.4 is 5.32 Å². The molecule has 1 aromatic heterocycles. The Bertz CT molecular complexity index is 897. The maximum atomic E-state index is 12.4. The molecule has 5 nitrogen and oxygen atoms in total. The van der Waals surface area contributed by atoms with Crippen LogP contribution in [0.25, 0.3) is 11.4 Å². The topological polar surface area (TPSA) is 68.0 Å². The molecule has 140 valence electrons. The number of benzene rings is 2. The van der Waals surface area contributed by atoms with Gasteiger partial charge in [-0.3, -0.25) is 4.79 Å². The number of aryl methyl sites for hydroxylation is 3. The van der Waals surface area contributed by atoms with Gasteiger partial charge in [-0.05, 0) is 48.2 Å². The van der Waals surface area contributed by atoms with Gasteiger partial charge in [0.15, 0.2) is 0 Å². The normalized spacial score (nSPS) is 10.8. The number of halogens is 1. The van der Waals surface area contributed by atoms with Crippen molar-refractivity contribution in [3.05, 3.63) is 64.0 Å². The predicted octanol–water partition coefficient (Wildman–Crippen LogP) is 5.20. The number of amides is 1. The van der Waals surface area contributed by atoms with Gasteiger partial charge in [0, 0.05) is 28.6 Å². The van der Waals surface area contributed by atoms with Crippen LogP contribution in [-0.2, 0) is 24.1 Å². The predicted molar refractivity (Wildman–Crippen MR) is 110 cm³/mol. The van der Waals surface area contributed by atoms with Gasteiger partial charge in [-0.2, -0.15) is 4.98 Å². The van der Waals surface area contributed by atoms with Crippen molar-refractivity contribution in [1.29, 1.82) is 0 Å². The highest BCUT2D eigenvalue weighted by atomic mass is 79.9. The Morgan fingerprint density at radius 2 is 1.74 bits per heavy atom. The number of carbonyl (C=O) groups excluding carboxylic acids is 1. The van der Waals surface area contributed by atoms with Crippen LogP contribution in [0.4, 0.5) is 5.69 Å². The first kappa shape index (κ1) is 19.3. The smallest absolute Gasteiger partial charge is 0.227 e. The van der Waals surface area contributed by atoms with Crippen molar-refractivity contribution in [1.82, 2.24) is 10.1 Å². The maximum absolute atomic E-state index is 12.4. The van der Waals surface area contributed by atoms with Gasteiger partial charge in [0.25, 0.3) is 0 Å². The molecule has 1 amide bonds. The lowest BCUT2D eigenvalue weighted by Crippen LogP contribution is -2.15. The first-order chi connectivity index (χ1) is 13.1. The fourth-order valence-electron chi connectivity index (χ4n) is 2.90. The van der Waals surface area contributed by atoms with Gasteiger partial charge < -0.3 is 9.84 Å². The number of carbonyl (C=O) groups is 1. The summed E-state index contributed by atoms with van der Waals surface area (Å²) in [6.07, 6.45) is 2.46. The van der Waals surface area contributed by atoms with Gasteiger partial charge in [-0.25, -0.2) is 0 Å². The quantitative estimate of drug-likeness (QED) is 0.562. The average Bonchev–Trinajstić information content (AvgIpc) is 3.16. The second kappa shape index (κ2) is 8.95. The molecule has 1 heterocycles. The molecule has 6 heteroatoms. The van der Waals surface area contributed by atoms with E-state index in [1.54, 1.807) is 0 Å². The fraction of sp³-hybridized carbons (Fsp3) is 0.286. The molecule has 0 saturated heterocycles. The zero-order valence-electron chi connectivity index (χ0n) is 15.5. The lowest BCUT2D eigenvalue weighted by atomic mass is 10.0. The first-order valence-corrected chi connectivity index (χ1v) is 9.89. The Hall–Kier alpha value is -2.47. The van der Waals surface area contributed by atoms with Gasteiger partial charge in [-0.1, -0.05) is 53.1 Å². The molecule has 0 spiro atoms. The van der Waals surface area contributed by atoms with E-state index in [1.807, 2.05) is 30.3 Å². The van der Waals surface area contributed by atoms with Gasteiger partial charge >= 0.3 is 0 Å². The van der Waals surface area contributed by atoms with E-state index >= 15 is 0 Å². The first-order valence-electron chi connectivity index (χ1n) is 9.09.